The summed E-state index contributed by atoms with van der Waals surface area (Å²) in [6.07, 6.45) is -0.297. The molecule has 5 heterocycles. The number of likely N-dealkylation sites (N-methyl/N-ethyl adjacent to an activating group) is 1. The number of ether oxygens (including phenoxy) is 3. The number of nitrogens with one attached hydrogen (secondary N) is 1. The topological polar surface area (TPSA) is 89.0 Å². The smallest absolute Gasteiger partial charge is 0.416 e. The van der Waals surface area contributed by atoms with E-state index in [0.29, 0.717) is 48.5 Å². The fraction of sp³-hybridized carbons (Fsp3) is 0.514. The third kappa shape index (κ3) is 8.72. The first kappa shape index (κ1) is 35.9. The van der Waals surface area contributed by atoms with Crippen LogP contribution in [0.2, 0.25) is 0 Å². The molecular weight excluding hydrogens is 611 g/mol. The van der Waals surface area contributed by atoms with Crippen LogP contribution in [0, 0.1) is 0 Å². The Bertz CT molecular complexity index is 1500. The fourth-order valence-electron chi connectivity index (χ4n) is 5.79. The van der Waals surface area contributed by atoms with Crippen LogP contribution in [0.3, 0.4) is 0 Å². The van der Waals surface area contributed by atoms with Crippen molar-refractivity contribution in [2.75, 3.05) is 48.5 Å². The Morgan fingerprint density at radius 1 is 1.19 bits per heavy atom. The molecule has 0 aliphatic carbocycles. The highest BCUT2D eigenvalue weighted by Gasteiger charge is 2.37. The second-order valence-corrected chi connectivity index (χ2v) is 12.1. The van der Waals surface area contributed by atoms with Gasteiger partial charge >= 0.3 is 6.18 Å². The molecule has 3 aromatic rings. The number of benzene rings is 1. The van der Waals surface area contributed by atoms with Gasteiger partial charge in [-0.2, -0.15) is 13.2 Å². The molecule has 47 heavy (non-hydrogen) atoms. The predicted octanol–water partition coefficient (Wildman–Crippen LogP) is 7.52. The van der Waals surface area contributed by atoms with E-state index in [9.17, 15) is 18.0 Å². The van der Waals surface area contributed by atoms with E-state index in [1.165, 1.54) is 12.1 Å². The van der Waals surface area contributed by atoms with Crippen LogP contribution in [-0.4, -0.2) is 67.7 Å². The van der Waals surface area contributed by atoms with Crippen LogP contribution in [0.25, 0.3) is 11.3 Å². The normalized spacial score (nSPS) is 19.9. The molecule has 3 atom stereocenters. The maximum absolute atomic E-state index is 13.2. The zero-order valence-corrected chi connectivity index (χ0v) is 28.2. The lowest BCUT2D eigenvalue weighted by Crippen LogP contribution is -2.40. The minimum atomic E-state index is -4.36. The van der Waals surface area contributed by atoms with Gasteiger partial charge in [-0.25, -0.2) is 9.97 Å². The van der Waals surface area contributed by atoms with Crippen molar-refractivity contribution in [3.63, 3.8) is 0 Å². The molecule has 9 nitrogen and oxygen atoms in total. The van der Waals surface area contributed by atoms with Crippen molar-refractivity contribution in [3.8, 4) is 17.1 Å². The second kappa shape index (κ2) is 15.3. The summed E-state index contributed by atoms with van der Waals surface area (Å²) < 4.78 is 56.2. The van der Waals surface area contributed by atoms with E-state index in [-0.39, 0.29) is 12.0 Å². The Kier molecular flexibility index (Phi) is 11.7. The summed E-state index contributed by atoms with van der Waals surface area (Å²) in [6, 6.07) is 11.4. The van der Waals surface area contributed by atoms with Crippen LogP contribution < -0.4 is 19.9 Å². The van der Waals surface area contributed by atoms with Gasteiger partial charge in [-0.1, -0.05) is 39.8 Å². The lowest BCUT2D eigenvalue weighted by atomic mass is 9.92. The standard InChI is InChI=1S/C21H24F3N3.C12H16N2O4.C2H6/c1-4-13(2)17-11-18-20(26(3)16-8-9-27(18)12-16)25-19(17)14-6-5-7-15(10-14)21(22,23)24;1-12(2)17-7-10(18-12)6-16-11-5-9(14-8-15)3-4-13-11;1-2/h5-7,10-11,13,16H,4,8-9,12H2,1-3H3;3-5,8,10H,6-7H2,1-2H3,(H,13,14,15);1-2H3/t;10-;/m.1./s1. The Labute approximate surface area is 275 Å². The van der Waals surface area contributed by atoms with Gasteiger partial charge in [0.15, 0.2) is 11.6 Å². The molecule has 0 saturated carbocycles. The molecular formula is C35H46F3N5O4. The number of alkyl halides is 3. The van der Waals surface area contributed by atoms with Gasteiger partial charge in [-0.15, -0.1) is 0 Å². The molecule has 12 heteroatoms. The molecule has 1 N–H and O–H groups in total. The number of carbonyl (C=O) groups is 1. The van der Waals surface area contributed by atoms with Crippen LogP contribution >= 0.6 is 0 Å². The monoisotopic (exact) mass is 657 g/mol. The van der Waals surface area contributed by atoms with Gasteiger partial charge in [0, 0.05) is 49.7 Å². The molecule has 6 rings (SSSR count). The molecule has 2 saturated heterocycles. The average Bonchev–Trinajstić information content (AvgIpc) is 3.67. The molecule has 3 aliphatic rings. The zero-order valence-electron chi connectivity index (χ0n) is 28.2. The molecule has 3 aliphatic heterocycles. The van der Waals surface area contributed by atoms with E-state index >= 15 is 0 Å². The predicted molar refractivity (Wildman–Crippen MR) is 178 cm³/mol. The van der Waals surface area contributed by atoms with E-state index < -0.39 is 17.5 Å². The fourth-order valence-corrected chi connectivity index (χ4v) is 5.79. The number of nitrogens with zero attached hydrogens (tertiary/aromatic N) is 4. The number of hydrogen-bond acceptors (Lipinski definition) is 8. The minimum absolute atomic E-state index is 0.107. The molecule has 2 unspecified atom stereocenters. The number of carbonyl (C=O) groups excluding carboxylic acids is 1. The van der Waals surface area contributed by atoms with E-state index in [1.54, 1.807) is 24.4 Å². The first-order valence-electron chi connectivity index (χ1n) is 16.2. The van der Waals surface area contributed by atoms with Crippen LogP contribution in [0.5, 0.6) is 5.88 Å². The number of rotatable bonds is 8. The van der Waals surface area contributed by atoms with E-state index in [0.717, 1.165) is 49.1 Å². The van der Waals surface area contributed by atoms with Crippen molar-refractivity contribution < 1.29 is 32.2 Å². The Hall–Kier alpha value is -3.90. The Balaban J connectivity index is 0.000000218. The van der Waals surface area contributed by atoms with Gasteiger partial charge in [0.1, 0.15) is 12.7 Å². The van der Waals surface area contributed by atoms with Crippen LogP contribution in [0.15, 0.2) is 48.7 Å². The van der Waals surface area contributed by atoms with Crippen molar-refractivity contribution in [2.45, 2.75) is 84.4 Å². The number of amides is 1. The van der Waals surface area contributed by atoms with E-state index in [4.69, 9.17) is 19.2 Å². The molecule has 0 spiro atoms. The van der Waals surface area contributed by atoms with Gasteiger partial charge in [0.25, 0.3) is 0 Å². The number of halogens is 3. The number of anilines is 3. The Morgan fingerprint density at radius 3 is 2.62 bits per heavy atom. The van der Waals surface area contributed by atoms with Gasteiger partial charge in [0.2, 0.25) is 12.3 Å². The largest absolute Gasteiger partial charge is 0.475 e. The van der Waals surface area contributed by atoms with E-state index in [1.807, 2.05) is 34.7 Å². The van der Waals surface area contributed by atoms with Crippen molar-refractivity contribution in [2.24, 2.45) is 0 Å². The maximum atomic E-state index is 13.2. The third-order valence-corrected chi connectivity index (χ3v) is 8.45. The molecule has 1 amide bonds. The first-order valence-corrected chi connectivity index (χ1v) is 16.2. The summed E-state index contributed by atoms with van der Waals surface area (Å²) in [5, 5.41) is 2.53. The average molecular weight is 658 g/mol. The second-order valence-electron chi connectivity index (χ2n) is 12.1. The summed E-state index contributed by atoms with van der Waals surface area (Å²) in [5.74, 6) is 0.985. The van der Waals surface area contributed by atoms with Crippen molar-refractivity contribution in [1.29, 1.82) is 0 Å². The molecule has 2 bridgehead atoms. The summed E-state index contributed by atoms with van der Waals surface area (Å²) in [7, 11) is 2.04. The van der Waals surface area contributed by atoms with Crippen LogP contribution in [0.1, 0.15) is 71.4 Å². The van der Waals surface area contributed by atoms with Crippen molar-refractivity contribution >= 4 is 23.6 Å². The SMILES string of the molecule is CC.CC1(C)OC[C@@H](COc2cc(NC=O)ccn2)O1.CCC(C)c1cc2c(nc1-c1cccc(C(F)(F)F)c1)N(C)C1CCN2C1. The van der Waals surface area contributed by atoms with Gasteiger partial charge in [-0.3, -0.25) is 4.79 Å². The molecule has 0 radical (unpaired) electrons. The highest BCUT2D eigenvalue weighted by Crippen LogP contribution is 2.43. The van der Waals surface area contributed by atoms with Crippen molar-refractivity contribution in [1.82, 2.24) is 9.97 Å². The summed E-state index contributed by atoms with van der Waals surface area (Å²) in [4.78, 5) is 23.8. The summed E-state index contributed by atoms with van der Waals surface area (Å²) >= 11 is 0. The quantitative estimate of drug-likeness (QED) is 0.249. The number of fused-ring (bicyclic) bond motifs is 4. The number of hydrogen-bond donors (Lipinski definition) is 1. The zero-order chi connectivity index (χ0) is 34.4. The van der Waals surface area contributed by atoms with Crippen molar-refractivity contribution in [3.05, 3.63) is 59.8 Å². The summed E-state index contributed by atoms with van der Waals surface area (Å²) in [5.41, 5.74) is 3.34. The highest BCUT2D eigenvalue weighted by atomic mass is 19.4. The highest BCUT2D eigenvalue weighted by molar-refractivity contribution is 5.78. The lowest BCUT2D eigenvalue weighted by molar-refractivity contribution is -0.141. The Morgan fingerprint density at radius 2 is 1.96 bits per heavy atom. The number of aromatic nitrogens is 2. The van der Waals surface area contributed by atoms with E-state index in [2.05, 4.69) is 40.0 Å². The van der Waals surface area contributed by atoms with Crippen LogP contribution in [-0.2, 0) is 20.4 Å². The maximum Gasteiger partial charge on any atom is 0.416 e. The third-order valence-electron chi connectivity index (χ3n) is 8.45. The molecule has 2 aromatic heterocycles. The minimum Gasteiger partial charge on any atom is -0.475 e. The molecule has 2 fully saturated rings. The number of pyridine rings is 2. The first-order chi connectivity index (χ1) is 22.4. The lowest BCUT2D eigenvalue weighted by Gasteiger charge is -2.36. The van der Waals surface area contributed by atoms with Gasteiger partial charge in [0.05, 0.1) is 23.6 Å². The summed E-state index contributed by atoms with van der Waals surface area (Å²) in [6.45, 7) is 14.8. The van der Waals surface area contributed by atoms with Gasteiger partial charge in [-0.05, 0) is 62.4 Å². The molecule has 1 aromatic carbocycles. The van der Waals surface area contributed by atoms with Crippen LogP contribution in [0.4, 0.5) is 30.4 Å². The van der Waals surface area contributed by atoms with Gasteiger partial charge < -0.3 is 29.3 Å². The molecule has 256 valence electrons.